The number of thiophene rings is 1. The van der Waals surface area contributed by atoms with Crippen LogP contribution in [0.25, 0.3) is 0 Å². The summed E-state index contributed by atoms with van der Waals surface area (Å²) in [5.74, 6) is 0. The minimum absolute atomic E-state index is 0.0714. The number of sulfonamides is 1. The molecule has 1 atom stereocenters. The molecule has 0 saturated heterocycles. The van der Waals surface area contributed by atoms with Crippen molar-refractivity contribution in [2.75, 3.05) is 6.54 Å². The molecule has 0 aliphatic rings. The molecule has 0 amide bonds. The fourth-order valence-corrected chi connectivity index (χ4v) is 4.78. The van der Waals surface area contributed by atoms with Crippen LogP contribution in [0.3, 0.4) is 0 Å². The van der Waals surface area contributed by atoms with Crippen molar-refractivity contribution in [1.29, 1.82) is 0 Å². The van der Waals surface area contributed by atoms with Crippen molar-refractivity contribution in [2.24, 2.45) is 0 Å². The Balaban J connectivity index is 2.13. The number of halogens is 2. The third kappa shape index (κ3) is 3.90. The van der Waals surface area contributed by atoms with Crippen LogP contribution in [0.1, 0.15) is 11.7 Å². The molecular weight excluding hydrogens is 430 g/mol. The SMILES string of the molecule is O=S(=O)(NCC(O)c1ccsc1)c1cc(Br)ccc1Br. The van der Waals surface area contributed by atoms with E-state index in [2.05, 4.69) is 36.6 Å². The molecule has 0 fully saturated rings. The summed E-state index contributed by atoms with van der Waals surface area (Å²) in [7, 11) is -3.68. The molecule has 1 aromatic carbocycles. The maximum absolute atomic E-state index is 12.2. The fraction of sp³-hybridized carbons (Fsp3) is 0.167. The third-order valence-corrected chi connectivity index (χ3v) is 6.19. The molecule has 2 aromatic rings. The van der Waals surface area contributed by atoms with Gasteiger partial charge >= 0.3 is 0 Å². The van der Waals surface area contributed by atoms with E-state index >= 15 is 0 Å². The normalized spacial score (nSPS) is 13.3. The highest BCUT2D eigenvalue weighted by Crippen LogP contribution is 2.26. The third-order valence-electron chi connectivity index (χ3n) is 2.58. The van der Waals surface area contributed by atoms with Crippen LogP contribution in [0.15, 0.2) is 48.9 Å². The first-order chi connectivity index (χ1) is 9.40. The molecule has 20 heavy (non-hydrogen) atoms. The molecule has 0 aliphatic heterocycles. The summed E-state index contributed by atoms with van der Waals surface area (Å²) in [6.07, 6.45) is -0.859. The zero-order valence-electron chi connectivity index (χ0n) is 10.1. The molecule has 2 rings (SSSR count). The second kappa shape index (κ2) is 6.67. The van der Waals surface area contributed by atoms with Crippen LogP contribution < -0.4 is 4.72 Å². The van der Waals surface area contributed by atoms with Gasteiger partial charge in [-0.2, -0.15) is 11.3 Å². The van der Waals surface area contributed by atoms with E-state index < -0.39 is 16.1 Å². The Bertz CT molecular complexity index is 687. The van der Waals surface area contributed by atoms with E-state index in [1.165, 1.54) is 17.4 Å². The standard InChI is InChI=1S/C12H11Br2NO3S2/c13-9-1-2-10(14)12(5-9)20(17,18)15-6-11(16)8-3-4-19-7-8/h1-5,7,11,15-16H,6H2. The van der Waals surface area contributed by atoms with Crippen LogP contribution in [0.4, 0.5) is 0 Å². The molecular formula is C12H11Br2NO3S2. The molecule has 4 nitrogen and oxygen atoms in total. The Kier molecular flexibility index (Phi) is 5.38. The molecule has 8 heteroatoms. The van der Waals surface area contributed by atoms with Crippen molar-refractivity contribution in [3.05, 3.63) is 49.5 Å². The van der Waals surface area contributed by atoms with Crippen LogP contribution >= 0.6 is 43.2 Å². The van der Waals surface area contributed by atoms with Crippen molar-refractivity contribution >= 4 is 53.2 Å². The van der Waals surface area contributed by atoms with E-state index in [1.807, 2.05) is 5.38 Å². The maximum Gasteiger partial charge on any atom is 0.241 e. The van der Waals surface area contributed by atoms with Crippen LogP contribution in [0.5, 0.6) is 0 Å². The van der Waals surface area contributed by atoms with E-state index in [4.69, 9.17) is 0 Å². The first kappa shape index (κ1) is 16.1. The smallest absolute Gasteiger partial charge is 0.241 e. The van der Waals surface area contributed by atoms with Gasteiger partial charge in [-0.1, -0.05) is 15.9 Å². The van der Waals surface area contributed by atoms with Gasteiger partial charge in [0.2, 0.25) is 10.0 Å². The zero-order chi connectivity index (χ0) is 14.8. The van der Waals surface area contributed by atoms with E-state index in [9.17, 15) is 13.5 Å². The molecule has 1 unspecified atom stereocenters. The summed E-state index contributed by atoms with van der Waals surface area (Å²) in [4.78, 5) is 0.129. The number of aliphatic hydroxyl groups is 1. The molecule has 0 aliphatic carbocycles. The summed E-state index contributed by atoms with van der Waals surface area (Å²) >= 11 is 7.90. The minimum Gasteiger partial charge on any atom is -0.387 e. The number of hydrogen-bond acceptors (Lipinski definition) is 4. The molecule has 0 saturated carbocycles. The Morgan fingerprint density at radius 3 is 2.70 bits per heavy atom. The predicted octanol–water partition coefficient (Wildman–Crippen LogP) is 3.29. The van der Waals surface area contributed by atoms with Crippen molar-refractivity contribution in [3.8, 4) is 0 Å². The topological polar surface area (TPSA) is 66.4 Å². The van der Waals surface area contributed by atoms with E-state index in [1.54, 1.807) is 23.6 Å². The summed E-state index contributed by atoms with van der Waals surface area (Å²) in [6.45, 7) is -0.0714. The maximum atomic E-state index is 12.2. The largest absolute Gasteiger partial charge is 0.387 e. The molecule has 2 N–H and O–H groups in total. The number of aliphatic hydroxyl groups excluding tert-OH is 1. The van der Waals surface area contributed by atoms with Crippen molar-refractivity contribution in [1.82, 2.24) is 4.72 Å². The Hall–Kier alpha value is -0.250. The average molecular weight is 441 g/mol. The van der Waals surface area contributed by atoms with Crippen LogP contribution in [-0.2, 0) is 10.0 Å². The van der Waals surface area contributed by atoms with Gasteiger partial charge in [-0.3, -0.25) is 0 Å². The van der Waals surface area contributed by atoms with Crippen LogP contribution in [-0.4, -0.2) is 20.1 Å². The van der Waals surface area contributed by atoms with Gasteiger partial charge in [0, 0.05) is 15.5 Å². The van der Waals surface area contributed by atoms with Gasteiger partial charge in [0.05, 0.1) is 11.0 Å². The minimum atomic E-state index is -3.68. The summed E-state index contributed by atoms with van der Waals surface area (Å²) in [6, 6.07) is 6.65. The highest BCUT2D eigenvalue weighted by Gasteiger charge is 2.19. The first-order valence-electron chi connectivity index (χ1n) is 5.55. The van der Waals surface area contributed by atoms with Gasteiger partial charge in [0.25, 0.3) is 0 Å². The molecule has 1 heterocycles. The molecule has 0 spiro atoms. The Morgan fingerprint density at radius 2 is 2.05 bits per heavy atom. The van der Waals surface area contributed by atoms with Gasteiger partial charge in [-0.05, 0) is 56.5 Å². The van der Waals surface area contributed by atoms with Crippen LogP contribution in [0, 0.1) is 0 Å². The van der Waals surface area contributed by atoms with Gasteiger partial charge < -0.3 is 5.11 Å². The summed E-state index contributed by atoms with van der Waals surface area (Å²) in [5, 5.41) is 13.5. The van der Waals surface area contributed by atoms with E-state index in [-0.39, 0.29) is 11.4 Å². The molecule has 0 bridgehead atoms. The highest BCUT2D eigenvalue weighted by atomic mass is 79.9. The van der Waals surface area contributed by atoms with Gasteiger partial charge in [0.1, 0.15) is 0 Å². The molecule has 0 radical (unpaired) electrons. The predicted molar refractivity (Wildman–Crippen MR) is 86.3 cm³/mol. The lowest BCUT2D eigenvalue weighted by molar-refractivity contribution is 0.182. The average Bonchev–Trinajstić information content (AvgIpc) is 2.93. The Labute approximate surface area is 138 Å². The van der Waals surface area contributed by atoms with Crippen LogP contribution in [0.2, 0.25) is 0 Å². The Morgan fingerprint density at radius 1 is 1.30 bits per heavy atom. The van der Waals surface area contributed by atoms with Crippen molar-refractivity contribution < 1.29 is 13.5 Å². The summed E-state index contributed by atoms with van der Waals surface area (Å²) < 4.78 is 28.0. The monoisotopic (exact) mass is 439 g/mol. The lowest BCUT2D eigenvalue weighted by Crippen LogP contribution is -2.28. The number of rotatable bonds is 5. The van der Waals surface area contributed by atoms with E-state index in [0.717, 1.165) is 0 Å². The number of hydrogen-bond donors (Lipinski definition) is 2. The second-order valence-electron chi connectivity index (χ2n) is 4.00. The first-order valence-corrected chi connectivity index (χ1v) is 9.56. The molecule has 108 valence electrons. The van der Waals surface area contributed by atoms with E-state index in [0.29, 0.717) is 14.5 Å². The number of benzene rings is 1. The second-order valence-corrected chi connectivity index (χ2v) is 8.28. The lowest BCUT2D eigenvalue weighted by atomic mass is 10.2. The van der Waals surface area contributed by atoms with Crippen molar-refractivity contribution in [2.45, 2.75) is 11.0 Å². The van der Waals surface area contributed by atoms with Crippen molar-refractivity contribution in [3.63, 3.8) is 0 Å². The zero-order valence-corrected chi connectivity index (χ0v) is 14.9. The van der Waals surface area contributed by atoms with Gasteiger partial charge in [-0.25, -0.2) is 13.1 Å². The summed E-state index contributed by atoms with van der Waals surface area (Å²) in [5.41, 5.74) is 0.700. The highest BCUT2D eigenvalue weighted by molar-refractivity contribution is 9.11. The number of nitrogens with one attached hydrogen (secondary N) is 1. The lowest BCUT2D eigenvalue weighted by Gasteiger charge is -2.12. The fourth-order valence-electron chi connectivity index (χ4n) is 1.53. The van der Waals surface area contributed by atoms with Gasteiger partial charge in [-0.15, -0.1) is 0 Å². The quantitative estimate of drug-likeness (QED) is 0.749. The molecule has 1 aromatic heterocycles. The van der Waals surface area contributed by atoms with Gasteiger partial charge in [0.15, 0.2) is 0 Å².